The van der Waals surface area contributed by atoms with E-state index in [4.69, 9.17) is 9.47 Å². The fraction of sp³-hybridized carbons (Fsp3) is 0.600. The maximum atomic E-state index is 5.17. The number of thiophene rings is 1. The van der Waals surface area contributed by atoms with Gasteiger partial charge in [-0.2, -0.15) is 0 Å². The second-order valence-electron chi connectivity index (χ2n) is 3.07. The molecule has 1 rings (SSSR count). The van der Waals surface area contributed by atoms with Crippen LogP contribution in [0.3, 0.4) is 0 Å². The van der Waals surface area contributed by atoms with Crippen molar-refractivity contribution >= 4 is 16.3 Å². The summed E-state index contributed by atoms with van der Waals surface area (Å²) >= 11 is 1.75. The Hall–Kier alpha value is -0.580. The van der Waals surface area contributed by atoms with Crippen molar-refractivity contribution in [2.45, 2.75) is 19.6 Å². The molecule has 0 spiro atoms. The van der Waals surface area contributed by atoms with Crippen molar-refractivity contribution in [3.63, 3.8) is 0 Å². The number of nitrogens with one attached hydrogen (secondary N) is 1. The molecule has 0 radical (unpaired) electrons. The van der Waals surface area contributed by atoms with Crippen LogP contribution >= 0.6 is 11.3 Å². The zero-order chi connectivity index (χ0) is 10.6. The Morgan fingerprint density at radius 1 is 1.43 bits per heavy atom. The molecule has 3 nitrogen and oxygen atoms in total. The van der Waals surface area contributed by atoms with E-state index in [0.717, 1.165) is 6.42 Å². The van der Waals surface area contributed by atoms with Gasteiger partial charge < -0.3 is 14.8 Å². The highest BCUT2D eigenvalue weighted by Gasteiger charge is 2.11. The second kappa shape index (κ2) is 5.34. The molecule has 1 N–H and O–H groups in total. The molecule has 0 aliphatic carbocycles. The fourth-order valence-corrected chi connectivity index (χ4v) is 2.30. The lowest BCUT2D eigenvalue weighted by Gasteiger charge is -2.12. The predicted octanol–water partition coefficient (Wildman–Crippen LogP) is 2.26. The van der Waals surface area contributed by atoms with Gasteiger partial charge in [-0.1, -0.05) is 0 Å². The van der Waals surface area contributed by atoms with Gasteiger partial charge in [-0.15, -0.1) is 11.3 Å². The molecule has 0 aliphatic rings. The van der Waals surface area contributed by atoms with E-state index in [1.54, 1.807) is 25.6 Å². The highest BCUT2D eigenvalue weighted by Crippen LogP contribution is 2.27. The zero-order valence-electron chi connectivity index (χ0n) is 9.09. The number of ether oxygens (including phenoxy) is 2. The first-order valence-electron chi connectivity index (χ1n) is 4.54. The van der Waals surface area contributed by atoms with E-state index in [-0.39, 0.29) is 6.29 Å². The fourth-order valence-electron chi connectivity index (χ4n) is 1.26. The van der Waals surface area contributed by atoms with Gasteiger partial charge in [-0.05, 0) is 18.6 Å². The Morgan fingerprint density at radius 2 is 2.07 bits per heavy atom. The lowest BCUT2D eigenvalue weighted by atomic mass is 10.2. The summed E-state index contributed by atoms with van der Waals surface area (Å²) < 4.78 is 10.3. The predicted molar refractivity (Wildman–Crippen MR) is 60.1 cm³/mol. The maximum absolute atomic E-state index is 5.17. The molecule has 0 unspecified atom stereocenters. The van der Waals surface area contributed by atoms with Crippen molar-refractivity contribution in [1.82, 2.24) is 0 Å². The van der Waals surface area contributed by atoms with E-state index < -0.39 is 0 Å². The van der Waals surface area contributed by atoms with Crippen molar-refractivity contribution in [2.75, 3.05) is 26.6 Å². The molecule has 0 atom stereocenters. The quantitative estimate of drug-likeness (QED) is 0.764. The first-order chi connectivity index (χ1) is 6.71. The van der Waals surface area contributed by atoms with Crippen molar-refractivity contribution in [1.29, 1.82) is 0 Å². The minimum absolute atomic E-state index is 0.142. The minimum atomic E-state index is -0.142. The van der Waals surface area contributed by atoms with E-state index in [9.17, 15) is 0 Å². The number of aryl methyl sites for hydroxylation is 1. The molecule has 0 aromatic carbocycles. The Kier molecular flexibility index (Phi) is 4.38. The summed E-state index contributed by atoms with van der Waals surface area (Å²) in [5, 5.41) is 4.32. The molecule has 0 fully saturated rings. The molecule has 1 aromatic heterocycles. The summed E-state index contributed by atoms with van der Waals surface area (Å²) in [4.78, 5) is 1.31. The SMILES string of the molecule is CNc1cc(C)c(CC(OC)OC)s1. The Bertz CT molecular complexity index is 282. The van der Waals surface area contributed by atoms with E-state index >= 15 is 0 Å². The monoisotopic (exact) mass is 215 g/mol. The summed E-state index contributed by atoms with van der Waals surface area (Å²) in [5.74, 6) is 0. The molecule has 14 heavy (non-hydrogen) atoms. The molecule has 0 aliphatic heterocycles. The van der Waals surface area contributed by atoms with Gasteiger partial charge in [0.15, 0.2) is 6.29 Å². The highest BCUT2D eigenvalue weighted by atomic mass is 32.1. The Morgan fingerprint density at radius 3 is 2.50 bits per heavy atom. The average Bonchev–Trinajstić information content (AvgIpc) is 2.56. The average molecular weight is 215 g/mol. The van der Waals surface area contributed by atoms with Gasteiger partial charge in [0, 0.05) is 32.6 Å². The van der Waals surface area contributed by atoms with Crippen LogP contribution in [0.4, 0.5) is 5.00 Å². The molecular formula is C10H17NO2S. The highest BCUT2D eigenvalue weighted by molar-refractivity contribution is 7.16. The second-order valence-corrected chi connectivity index (χ2v) is 4.21. The van der Waals surface area contributed by atoms with Crippen LogP contribution < -0.4 is 5.32 Å². The van der Waals surface area contributed by atoms with E-state index in [0.29, 0.717) is 0 Å². The molecule has 1 aromatic rings. The summed E-state index contributed by atoms with van der Waals surface area (Å²) in [6.45, 7) is 2.11. The maximum Gasteiger partial charge on any atom is 0.161 e. The van der Waals surface area contributed by atoms with E-state index in [1.807, 2.05) is 7.05 Å². The third kappa shape index (κ3) is 2.70. The molecule has 0 amide bonds. The number of methoxy groups -OCH3 is 2. The minimum Gasteiger partial charge on any atom is -0.380 e. The molecule has 0 saturated carbocycles. The zero-order valence-corrected chi connectivity index (χ0v) is 9.90. The van der Waals surface area contributed by atoms with Crippen LogP contribution in [-0.4, -0.2) is 27.6 Å². The first-order valence-corrected chi connectivity index (χ1v) is 5.35. The number of hydrogen-bond donors (Lipinski definition) is 1. The van der Waals surface area contributed by atoms with Crippen molar-refractivity contribution in [2.24, 2.45) is 0 Å². The molecule has 4 heteroatoms. The van der Waals surface area contributed by atoms with Crippen molar-refractivity contribution in [3.8, 4) is 0 Å². The van der Waals surface area contributed by atoms with Gasteiger partial charge in [0.25, 0.3) is 0 Å². The van der Waals surface area contributed by atoms with Gasteiger partial charge in [0.05, 0.1) is 5.00 Å². The molecule has 1 heterocycles. The van der Waals surface area contributed by atoms with Crippen LogP contribution in [0.15, 0.2) is 6.07 Å². The number of anilines is 1. The van der Waals surface area contributed by atoms with Gasteiger partial charge in [-0.3, -0.25) is 0 Å². The smallest absolute Gasteiger partial charge is 0.161 e. The lowest BCUT2D eigenvalue weighted by Crippen LogP contribution is -2.15. The first kappa shape index (κ1) is 11.5. The molecular weight excluding hydrogens is 198 g/mol. The standard InChI is InChI=1S/C10H17NO2S/c1-7-5-9(11-2)14-8(7)6-10(12-3)13-4/h5,10-11H,6H2,1-4H3. The van der Waals surface area contributed by atoms with Gasteiger partial charge in [0.1, 0.15) is 0 Å². The molecule has 0 bridgehead atoms. The largest absolute Gasteiger partial charge is 0.380 e. The lowest BCUT2D eigenvalue weighted by molar-refractivity contribution is -0.0998. The Labute approximate surface area is 89.0 Å². The van der Waals surface area contributed by atoms with Gasteiger partial charge in [-0.25, -0.2) is 0 Å². The van der Waals surface area contributed by atoms with Gasteiger partial charge >= 0.3 is 0 Å². The summed E-state index contributed by atoms with van der Waals surface area (Å²) in [7, 11) is 5.26. The van der Waals surface area contributed by atoms with E-state index in [2.05, 4.69) is 18.3 Å². The van der Waals surface area contributed by atoms with Crippen LogP contribution in [0.1, 0.15) is 10.4 Å². The third-order valence-electron chi connectivity index (χ3n) is 2.14. The molecule has 0 saturated heterocycles. The van der Waals surface area contributed by atoms with Crippen LogP contribution in [0, 0.1) is 6.92 Å². The molecule has 80 valence electrons. The van der Waals surface area contributed by atoms with E-state index in [1.165, 1.54) is 15.4 Å². The third-order valence-corrected chi connectivity index (χ3v) is 3.42. The number of hydrogen-bond acceptors (Lipinski definition) is 4. The van der Waals surface area contributed by atoms with Gasteiger partial charge in [0.2, 0.25) is 0 Å². The Balaban J connectivity index is 2.69. The summed E-state index contributed by atoms with van der Waals surface area (Å²) in [5.41, 5.74) is 1.29. The van der Waals surface area contributed by atoms with Crippen molar-refractivity contribution in [3.05, 3.63) is 16.5 Å². The summed E-state index contributed by atoms with van der Waals surface area (Å²) in [6.07, 6.45) is 0.669. The summed E-state index contributed by atoms with van der Waals surface area (Å²) in [6, 6.07) is 2.14. The van der Waals surface area contributed by atoms with Crippen LogP contribution in [0.25, 0.3) is 0 Å². The van der Waals surface area contributed by atoms with Crippen LogP contribution in [0.5, 0.6) is 0 Å². The number of rotatable bonds is 5. The van der Waals surface area contributed by atoms with Crippen LogP contribution in [-0.2, 0) is 15.9 Å². The topological polar surface area (TPSA) is 30.5 Å². The van der Waals surface area contributed by atoms with Crippen LogP contribution in [0.2, 0.25) is 0 Å². The van der Waals surface area contributed by atoms with Crippen molar-refractivity contribution < 1.29 is 9.47 Å². The normalized spacial score (nSPS) is 10.9.